The summed E-state index contributed by atoms with van der Waals surface area (Å²) in [6, 6.07) is 8.57. The fraction of sp³-hybridized carbons (Fsp3) is 0.263. The summed E-state index contributed by atoms with van der Waals surface area (Å²) in [4.78, 5) is 25.3. The van der Waals surface area contributed by atoms with Gasteiger partial charge in [0.05, 0.1) is 36.8 Å². The molecule has 6 nitrogen and oxygen atoms in total. The Labute approximate surface area is 154 Å². The molecule has 2 aromatic carbocycles. The summed E-state index contributed by atoms with van der Waals surface area (Å²) >= 11 is 6.32. The van der Waals surface area contributed by atoms with Crippen LogP contribution >= 0.6 is 11.6 Å². The molecule has 1 heterocycles. The molecule has 0 saturated carbocycles. The van der Waals surface area contributed by atoms with Gasteiger partial charge in [0.25, 0.3) is 0 Å². The van der Waals surface area contributed by atoms with Gasteiger partial charge in [-0.15, -0.1) is 0 Å². The Morgan fingerprint density at radius 1 is 1.19 bits per heavy atom. The van der Waals surface area contributed by atoms with Gasteiger partial charge in [-0.05, 0) is 19.1 Å². The van der Waals surface area contributed by atoms with Crippen LogP contribution in [0.4, 0.5) is 0 Å². The zero-order chi connectivity index (χ0) is 18.8. The minimum atomic E-state index is -0.427. The molecule has 0 N–H and O–H groups in total. The minimum absolute atomic E-state index is 0.0923. The molecule has 0 unspecified atom stereocenters. The molecule has 7 heteroatoms. The lowest BCUT2D eigenvalue weighted by atomic mass is 10.1. The highest BCUT2D eigenvalue weighted by Crippen LogP contribution is 2.39. The molecule has 0 atom stereocenters. The molecule has 0 aliphatic heterocycles. The number of fused-ring (bicyclic) bond motifs is 2. The molecule has 0 amide bonds. The molecule has 0 bridgehead atoms. The summed E-state index contributed by atoms with van der Waals surface area (Å²) in [5.74, 6) is 0.192. The van der Waals surface area contributed by atoms with Gasteiger partial charge in [0.2, 0.25) is 5.43 Å². The van der Waals surface area contributed by atoms with Gasteiger partial charge < -0.3 is 18.8 Å². The quantitative estimate of drug-likeness (QED) is 0.505. The number of para-hydroxylation sites is 1. The molecule has 0 spiro atoms. The Morgan fingerprint density at radius 3 is 2.58 bits per heavy atom. The van der Waals surface area contributed by atoms with Crippen LogP contribution in [0.3, 0.4) is 0 Å². The maximum Gasteiger partial charge on any atom is 0.325 e. The van der Waals surface area contributed by atoms with E-state index in [1.807, 2.05) is 0 Å². The van der Waals surface area contributed by atoms with E-state index >= 15 is 0 Å². The highest BCUT2D eigenvalue weighted by Gasteiger charge is 2.22. The number of rotatable bonds is 5. The van der Waals surface area contributed by atoms with Crippen molar-refractivity contribution in [1.29, 1.82) is 0 Å². The van der Waals surface area contributed by atoms with Crippen molar-refractivity contribution in [3.8, 4) is 11.5 Å². The van der Waals surface area contributed by atoms with Crippen molar-refractivity contribution in [1.82, 2.24) is 4.57 Å². The maximum atomic E-state index is 13.1. The average molecular weight is 376 g/mol. The lowest BCUT2D eigenvalue weighted by Gasteiger charge is -2.19. The fourth-order valence-electron chi connectivity index (χ4n) is 3.08. The van der Waals surface area contributed by atoms with Gasteiger partial charge in [0.15, 0.2) is 5.75 Å². The minimum Gasteiger partial charge on any atom is -0.496 e. The number of benzene rings is 2. The molecule has 26 heavy (non-hydrogen) atoms. The van der Waals surface area contributed by atoms with Gasteiger partial charge in [0.1, 0.15) is 17.8 Å². The second kappa shape index (κ2) is 7.25. The number of ether oxygens (including phenoxy) is 3. The molecule has 0 fully saturated rings. The van der Waals surface area contributed by atoms with Crippen molar-refractivity contribution in [2.75, 3.05) is 20.8 Å². The predicted molar refractivity (Wildman–Crippen MR) is 100 cm³/mol. The van der Waals surface area contributed by atoms with E-state index in [0.29, 0.717) is 33.3 Å². The first-order chi connectivity index (χ1) is 12.5. The predicted octanol–water partition coefficient (Wildman–Crippen LogP) is 3.39. The molecule has 0 saturated heterocycles. The first kappa shape index (κ1) is 18.1. The number of hydrogen-bond donors (Lipinski definition) is 0. The lowest BCUT2D eigenvalue weighted by Crippen LogP contribution is -2.19. The van der Waals surface area contributed by atoms with E-state index in [9.17, 15) is 9.59 Å². The van der Waals surface area contributed by atoms with Gasteiger partial charge in [-0.2, -0.15) is 0 Å². The third kappa shape index (κ3) is 2.86. The van der Waals surface area contributed by atoms with E-state index in [1.54, 1.807) is 35.8 Å². The number of carbonyl (C=O) groups is 1. The number of aromatic nitrogens is 1. The highest BCUT2D eigenvalue weighted by atomic mass is 35.5. The number of esters is 1. The standard InChI is InChI=1S/C19H18ClNO5/c1-4-26-15(22)10-21-13-8-6-5-7-11(13)18(23)16-14(24-2)9-12(20)19(25-3)17(16)21/h5-9H,4,10H2,1-3H3. The SMILES string of the molecule is CCOC(=O)Cn1c2ccccc2c(=O)c2c(OC)cc(Cl)c(OC)c21. The van der Waals surface area contributed by atoms with Crippen molar-refractivity contribution in [2.24, 2.45) is 0 Å². The summed E-state index contributed by atoms with van der Waals surface area (Å²) in [5.41, 5.74) is 0.761. The molecule has 3 aromatic rings. The fourth-order valence-corrected chi connectivity index (χ4v) is 3.35. The first-order valence-electron chi connectivity index (χ1n) is 8.04. The highest BCUT2D eigenvalue weighted by molar-refractivity contribution is 6.33. The number of nitrogens with zero attached hydrogens (tertiary/aromatic N) is 1. The van der Waals surface area contributed by atoms with Crippen LogP contribution in [-0.4, -0.2) is 31.4 Å². The van der Waals surface area contributed by atoms with Crippen LogP contribution in [0.2, 0.25) is 5.02 Å². The van der Waals surface area contributed by atoms with Gasteiger partial charge in [-0.25, -0.2) is 0 Å². The molecule has 0 radical (unpaired) electrons. The van der Waals surface area contributed by atoms with Crippen LogP contribution in [0, 0.1) is 0 Å². The second-order valence-corrected chi connectivity index (χ2v) is 5.96. The number of hydrogen-bond acceptors (Lipinski definition) is 5. The summed E-state index contributed by atoms with van der Waals surface area (Å²) in [6.45, 7) is 1.90. The van der Waals surface area contributed by atoms with E-state index in [1.165, 1.54) is 20.3 Å². The van der Waals surface area contributed by atoms with Gasteiger partial charge in [-0.3, -0.25) is 9.59 Å². The van der Waals surface area contributed by atoms with Gasteiger partial charge >= 0.3 is 5.97 Å². The third-order valence-corrected chi connectivity index (χ3v) is 4.41. The van der Waals surface area contributed by atoms with Crippen LogP contribution in [-0.2, 0) is 16.1 Å². The Bertz CT molecular complexity index is 1060. The zero-order valence-corrected chi connectivity index (χ0v) is 15.4. The molecule has 3 rings (SSSR count). The Balaban J connectivity index is 2.54. The van der Waals surface area contributed by atoms with Crippen LogP contribution in [0.1, 0.15) is 6.92 Å². The van der Waals surface area contributed by atoms with Crippen LogP contribution < -0.4 is 14.9 Å². The second-order valence-electron chi connectivity index (χ2n) is 5.55. The molecule has 0 aliphatic rings. The summed E-state index contributed by atoms with van der Waals surface area (Å²) in [6.07, 6.45) is 0. The van der Waals surface area contributed by atoms with Gasteiger partial charge in [0, 0.05) is 11.5 Å². The largest absolute Gasteiger partial charge is 0.496 e. The lowest BCUT2D eigenvalue weighted by molar-refractivity contribution is -0.143. The summed E-state index contributed by atoms with van der Waals surface area (Å²) < 4.78 is 17.6. The molecule has 1 aromatic heterocycles. The molecular weight excluding hydrogens is 358 g/mol. The van der Waals surface area contributed by atoms with Crippen molar-refractivity contribution in [3.05, 3.63) is 45.6 Å². The Hall–Kier alpha value is -2.73. The molecular formula is C19H18ClNO5. The molecule has 136 valence electrons. The van der Waals surface area contributed by atoms with Gasteiger partial charge in [-0.1, -0.05) is 23.7 Å². The smallest absolute Gasteiger partial charge is 0.325 e. The summed E-state index contributed by atoms with van der Waals surface area (Å²) in [5, 5.41) is 1.05. The Kier molecular flexibility index (Phi) is 5.04. The third-order valence-electron chi connectivity index (χ3n) is 4.13. The van der Waals surface area contributed by atoms with Crippen molar-refractivity contribution in [3.63, 3.8) is 0 Å². The monoisotopic (exact) mass is 375 g/mol. The normalized spacial score (nSPS) is 10.9. The zero-order valence-electron chi connectivity index (χ0n) is 14.7. The van der Waals surface area contributed by atoms with Crippen LogP contribution in [0.5, 0.6) is 11.5 Å². The topological polar surface area (TPSA) is 66.8 Å². The van der Waals surface area contributed by atoms with E-state index < -0.39 is 5.97 Å². The van der Waals surface area contributed by atoms with Crippen LogP contribution in [0.15, 0.2) is 35.1 Å². The number of pyridine rings is 1. The summed E-state index contributed by atoms with van der Waals surface area (Å²) in [7, 11) is 2.92. The van der Waals surface area contributed by atoms with E-state index in [4.69, 9.17) is 25.8 Å². The number of carbonyl (C=O) groups excluding carboxylic acids is 1. The Morgan fingerprint density at radius 2 is 1.92 bits per heavy atom. The van der Waals surface area contributed by atoms with Crippen LogP contribution in [0.25, 0.3) is 21.8 Å². The van der Waals surface area contributed by atoms with Crippen molar-refractivity contribution >= 4 is 39.4 Å². The maximum absolute atomic E-state index is 13.1. The van der Waals surface area contributed by atoms with E-state index in [-0.39, 0.29) is 23.6 Å². The van der Waals surface area contributed by atoms with Crippen molar-refractivity contribution < 1.29 is 19.0 Å². The first-order valence-corrected chi connectivity index (χ1v) is 8.42. The van der Waals surface area contributed by atoms with E-state index in [0.717, 1.165) is 0 Å². The van der Waals surface area contributed by atoms with E-state index in [2.05, 4.69) is 0 Å². The number of halogens is 1. The molecule has 0 aliphatic carbocycles. The van der Waals surface area contributed by atoms with Crippen molar-refractivity contribution in [2.45, 2.75) is 13.5 Å². The number of methoxy groups -OCH3 is 2. The average Bonchev–Trinajstić information content (AvgIpc) is 2.64.